The molecule has 1 saturated heterocycles. The van der Waals surface area contributed by atoms with Gasteiger partial charge in [0.1, 0.15) is 36.5 Å². The Balaban J connectivity index is 1.38. The van der Waals surface area contributed by atoms with Crippen LogP contribution in [0.2, 0.25) is 0 Å². The molecule has 0 radical (unpaired) electrons. The Kier molecular flexibility index (Phi) is 15.9. The van der Waals surface area contributed by atoms with Crippen molar-refractivity contribution < 1.29 is 86.9 Å². The average Bonchev–Trinajstić information content (AvgIpc) is 3.35. The van der Waals surface area contributed by atoms with Crippen LogP contribution in [0.25, 0.3) is 0 Å². The van der Waals surface area contributed by atoms with Crippen LogP contribution in [0.4, 0.5) is 0 Å². The summed E-state index contributed by atoms with van der Waals surface area (Å²) in [4.78, 5) is 123. The Morgan fingerprint density at radius 2 is 1.42 bits per heavy atom. The fraction of sp³-hybridized carbons (Fsp3) is 0.463. The maximum Gasteiger partial charge on any atom is 0.350 e. The van der Waals surface area contributed by atoms with E-state index in [1.54, 1.807) is 66.7 Å². The number of nitrogens with one attached hydrogen (secondary N) is 2. The number of esters is 5. The molecule has 2 bridgehead atoms. The van der Waals surface area contributed by atoms with Crippen molar-refractivity contribution in [1.82, 2.24) is 10.6 Å². The van der Waals surface area contributed by atoms with Crippen molar-refractivity contribution >= 4 is 53.4 Å². The van der Waals surface area contributed by atoms with Gasteiger partial charge in [-0.2, -0.15) is 0 Å². The Hall–Kier alpha value is -7.29. The number of benzene rings is 3. The van der Waals surface area contributed by atoms with Crippen LogP contribution in [0, 0.1) is 16.7 Å². The molecule has 0 spiro atoms. The zero-order valence-electron chi connectivity index (χ0n) is 41.7. The third-order valence-electron chi connectivity index (χ3n) is 14.9. The summed E-state index contributed by atoms with van der Waals surface area (Å²) in [6.07, 6.45) is -12.1. The summed E-state index contributed by atoms with van der Waals surface area (Å²) in [6, 6.07) is 22.1. The number of aliphatic hydroxyl groups excluding tert-OH is 1. The molecular formula is C54H60N2O18. The van der Waals surface area contributed by atoms with Gasteiger partial charge in [-0.1, -0.05) is 80.6 Å². The van der Waals surface area contributed by atoms with Crippen LogP contribution < -0.4 is 10.6 Å². The maximum absolute atomic E-state index is 15.7. The lowest BCUT2D eigenvalue weighted by Crippen LogP contribution is -2.82. The van der Waals surface area contributed by atoms with Crippen LogP contribution >= 0.6 is 0 Å². The molecule has 20 nitrogen and oxygen atoms in total. The van der Waals surface area contributed by atoms with E-state index in [1.165, 1.54) is 52.0 Å². The Labute approximate surface area is 426 Å². The SMILES string of the molecule is CC(=O)O[C@H]1C(=O)[C@@]2(C)C(C(OC(=O)c3ccccc3)[C@]3(O)CC(OC(=O)C(OC(=O)CCCC(=O)NCC(=O)O)C(NC(=O)c4ccccc4)c4ccccc4)C(C)=C1C3(C)C)[C@]1(OC(C)=O)CO[C@@H]1C[C@@H]2O. The summed E-state index contributed by atoms with van der Waals surface area (Å²) in [7, 11) is 0. The highest BCUT2D eigenvalue weighted by Gasteiger charge is 2.78. The summed E-state index contributed by atoms with van der Waals surface area (Å²) < 4.78 is 36.6. The number of fused-ring (bicyclic) bond motifs is 5. The first-order valence-corrected chi connectivity index (χ1v) is 24.2. The Bertz CT molecular complexity index is 2710. The molecule has 20 heteroatoms. The number of carbonyl (C=O) groups is 9. The number of ether oxygens (including phenoxy) is 6. The van der Waals surface area contributed by atoms with Crippen LogP contribution in [0.3, 0.4) is 0 Å². The van der Waals surface area contributed by atoms with Gasteiger partial charge in [0.05, 0.1) is 29.6 Å². The molecule has 2 saturated carbocycles. The van der Waals surface area contributed by atoms with E-state index in [4.69, 9.17) is 33.5 Å². The lowest BCUT2D eigenvalue weighted by atomic mass is 9.44. The van der Waals surface area contributed by atoms with E-state index >= 15 is 9.59 Å². The molecule has 3 aromatic carbocycles. The Morgan fingerprint density at radius 3 is 1.99 bits per heavy atom. The number of carboxylic acids is 1. The number of hydrogen-bond acceptors (Lipinski definition) is 17. The van der Waals surface area contributed by atoms with Gasteiger partial charge in [-0.15, -0.1) is 0 Å². The molecule has 5 N–H and O–H groups in total. The molecule has 5 unspecified atom stereocenters. The normalized spacial score (nSPS) is 28.4. The van der Waals surface area contributed by atoms with E-state index in [1.807, 2.05) is 0 Å². The van der Waals surface area contributed by atoms with Gasteiger partial charge in [0.2, 0.25) is 12.0 Å². The molecule has 7 rings (SSSR count). The van der Waals surface area contributed by atoms with Gasteiger partial charge in [-0.25, -0.2) is 9.59 Å². The van der Waals surface area contributed by atoms with Gasteiger partial charge >= 0.3 is 35.8 Å². The zero-order valence-corrected chi connectivity index (χ0v) is 41.7. The van der Waals surface area contributed by atoms with Crippen molar-refractivity contribution in [1.29, 1.82) is 0 Å². The minimum absolute atomic E-state index is 0.0156. The first-order chi connectivity index (χ1) is 35.0. The second-order valence-electron chi connectivity index (χ2n) is 19.8. The third kappa shape index (κ3) is 10.4. The van der Waals surface area contributed by atoms with Crippen molar-refractivity contribution in [3.8, 4) is 0 Å². The largest absolute Gasteiger partial charge is 0.480 e. The van der Waals surface area contributed by atoms with Crippen molar-refractivity contribution in [2.75, 3.05) is 13.2 Å². The molecular weight excluding hydrogens is 965 g/mol. The number of hydrogen-bond donors (Lipinski definition) is 5. The number of carboxylic acid groups (broad SMARTS) is 1. The van der Waals surface area contributed by atoms with Gasteiger partial charge in [-0.05, 0) is 61.2 Å². The van der Waals surface area contributed by atoms with Gasteiger partial charge in [0, 0.05) is 50.5 Å². The summed E-state index contributed by atoms with van der Waals surface area (Å²) in [5.41, 5.74) is -7.84. The molecule has 2 amide bonds. The molecule has 394 valence electrons. The van der Waals surface area contributed by atoms with Crippen LogP contribution in [-0.4, -0.2) is 130 Å². The number of aliphatic hydroxyl groups is 2. The van der Waals surface area contributed by atoms with Crippen molar-refractivity contribution in [2.45, 2.75) is 128 Å². The van der Waals surface area contributed by atoms with Crippen LogP contribution in [0.15, 0.2) is 102 Å². The molecule has 1 heterocycles. The zero-order chi connectivity index (χ0) is 53.9. The highest BCUT2D eigenvalue weighted by molar-refractivity contribution is 5.96. The first-order valence-electron chi connectivity index (χ1n) is 24.2. The van der Waals surface area contributed by atoms with Crippen LogP contribution in [-0.2, 0) is 62.0 Å². The Morgan fingerprint density at radius 1 is 0.811 bits per heavy atom. The second-order valence-corrected chi connectivity index (χ2v) is 19.8. The lowest BCUT2D eigenvalue weighted by Gasteiger charge is -2.67. The summed E-state index contributed by atoms with van der Waals surface area (Å²) >= 11 is 0. The number of carbonyl (C=O) groups excluding carboxylic acids is 8. The quantitative estimate of drug-likeness (QED) is 0.0732. The highest BCUT2D eigenvalue weighted by atomic mass is 16.6. The molecule has 1 aliphatic heterocycles. The molecule has 4 aliphatic rings. The number of rotatable bonds is 17. The topological polar surface area (TPSA) is 294 Å². The van der Waals surface area contributed by atoms with Gasteiger partial charge in [0.25, 0.3) is 5.91 Å². The summed E-state index contributed by atoms with van der Waals surface area (Å²) in [5, 5.41) is 40.1. The number of aliphatic carboxylic acids is 1. The maximum atomic E-state index is 15.7. The number of ketones is 1. The average molecular weight is 1030 g/mol. The van der Waals surface area contributed by atoms with E-state index in [9.17, 15) is 43.8 Å². The van der Waals surface area contributed by atoms with Gasteiger partial charge in [-0.3, -0.25) is 33.6 Å². The van der Waals surface area contributed by atoms with Gasteiger partial charge in [0.15, 0.2) is 17.5 Å². The smallest absolute Gasteiger partial charge is 0.350 e. The van der Waals surface area contributed by atoms with E-state index in [0.717, 1.165) is 13.8 Å². The van der Waals surface area contributed by atoms with E-state index in [2.05, 4.69) is 10.6 Å². The molecule has 3 aliphatic carbocycles. The highest BCUT2D eigenvalue weighted by Crippen LogP contribution is 2.64. The van der Waals surface area contributed by atoms with Crippen molar-refractivity contribution in [3.63, 3.8) is 0 Å². The second kappa shape index (κ2) is 21.7. The minimum Gasteiger partial charge on any atom is -0.480 e. The minimum atomic E-state index is -2.51. The first kappa shape index (κ1) is 54.5. The molecule has 11 atom stereocenters. The lowest BCUT2D eigenvalue weighted by molar-refractivity contribution is -0.346. The van der Waals surface area contributed by atoms with Crippen molar-refractivity contribution in [2.24, 2.45) is 16.7 Å². The fourth-order valence-electron chi connectivity index (χ4n) is 11.1. The standard InChI is InChI=1S/C54H60N2O18/c1-29-35(71-50(67)44(72-40(63)24-16-23-38(60)55-27-39(61)62)42(32-17-10-7-11-18-32)56-48(65)33-19-12-8-13-20-33)26-54(68)47(73-49(66)34-21-14-9-15-22-34)45-52(6,36(59)25-37-53(45,28-69-37)74-31(3)58)46(64)43(70-30(2)57)41(29)51(54,4)5/h7-15,17-22,35-37,42-45,47,59,68H,16,23-28H2,1-6H3,(H,55,60)(H,56,65)(H,61,62)/t35?,36-,37+,42?,43+,44?,45?,47?,52+,53-,54+/m0/s1. The predicted molar refractivity (Wildman–Crippen MR) is 256 cm³/mol. The number of amides is 2. The third-order valence-corrected chi connectivity index (χ3v) is 14.9. The van der Waals surface area contributed by atoms with Gasteiger partial charge < -0.3 is 54.4 Å². The monoisotopic (exact) mass is 1020 g/mol. The molecule has 74 heavy (non-hydrogen) atoms. The molecule has 3 fully saturated rings. The van der Waals surface area contributed by atoms with E-state index in [0.29, 0.717) is 0 Å². The molecule has 3 aromatic rings. The predicted octanol–water partition coefficient (Wildman–Crippen LogP) is 3.66. The fourth-order valence-corrected chi connectivity index (χ4v) is 11.1. The molecule has 0 aromatic heterocycles. The van der Waals surface area contributed by atoms with E-state index in [-0.39, 0.29) is 53.7 Å². The summed E-state index contributed by atoms with van der Waals surface area (Å²) in [6.45, 7) is 7.01. The summed E-state index contributed by atoms with van der Waals surface area (Å²) in [5.74, 6) is -10.3. The van der Waals surface area contributed by atoms with E-state index < -0.39 is 143 Å². The number of Topliss-reactive ketones (excluding diaryl/α,β-unsaturated/α-hetero) is 1. The van der Waals surface area contributed by atoms with Crippen LogP contribution in [0.1, 0.15) is 106 Å². The van der Waals surface area contributed by atoms with Crippen molar-refractivity contribution in [3.05, 3.63) is 119 Å². The van der Waals surface area contributed by atoms with Crippen LogP contribution in [0.5, 0.6) is 0 Å².